The van der Waals surface area contributed by atoms with Crippen molar-refractivity contribution in [3.05, 3.63) is 53.5 Å². The van der Waals surface area contributed by atoms with Crippen LogP contribution in [-0.4, -0.2) is 24.4 Å². The summed E-state index contributed by atoms with van der Waals surface area (Å²) in [5.41, 5.74) is -0.679. The maximum atomic E-state index is 12.6. The van der Waals surface area contributed by atoms with E-state index in [9.17, 15) is 18.0 Å². The zero-order valence-corrected chi connectivity index (χ0v) is 12.8. The number of carbonyl (C=O) groups excluding carboxylic acids is 1. The van der Waals surface area contributed by atoms with E-state index in [0.29, 0.717) is 6.54 Å². The summed E-state index contributed by atoms with van der Waals surface area (Å²) in [5, 5.41) is 2.47. The maximum absolute atomic E-state index is 12.6. The molecule has 1 amide bonds. The van der Waals surface area contributed by atoms with E-state index in [4.69, 9.17) is 4.42 Å². The molecule has 4 nitrogen and oxygen atoms in total. The fraction of sp³-hybridized carbons (Fsp3) is 0.312. The van der Waals surface area contributed by atoms with Gasteiger partial charge in [0.15, 0.2) is 0 Å². The van der Waals surface area contributed by atoms with Crippen LogP contribution in [0.25, 0.3) is 0 Å². The fourth-order valence-corrected chi connectivity index (χ4v) is 2.11. The molecule has 0 unspecified atom stereocenters. The van der Waals surface area contributed by atoms with Crippen molar-refractivity contribution in [3.8, 4) is 0 Å². The van der Waals surface area contributed by atoms with Crippen LogP contribution in [0, 0.1) is 6.92 Å². The van der Waals surface area contributed by atoms with Crippen molar-refractivity contribution >= 4 is 11.6 Å². The zero-order valence-electron chi connectivity index (χ0n) is 12.8. The molecule has 0 spiro atoms. The average Bonchev–Trinajstić information content (AvgIpc) is 2.83. The Hall–Kier alpha value is -2.28. The lowest BCUT2D eigenvalue weighted by Gasteiger charge is -2.15. The van der Waals surface area contributed by atoms with Crippen molar-refractivity contribution in [1.82, 2.24) is 4.90 Å². The first-order valence-electron chi connectivity index (χ1n) is 6.95. The van der Waals surface area contributed by atoms with E-state index in [2.05, 4.69) is 5.32 Å². The van der Waals surface area contributed by atoms with Gasteiger partial charge in [0.05, 0.1) is 18.7 Å². The molecule has 0 aliphatic rings. The van der Waals surface area contributed by atoms with Crippen molar-refractivity contribution < 1.29 is 22.4 Å². The average molecular weight is 326 g/mol. The summed E-state index contributed by atoms with van der Waals surface area (Å²) in [6.45, 7) is 2.30. The van der Waals surface area contributed by atoms with Crippen LogP contribution in [-0.2, 0) is 17.5 Å². The van der Waals surface area contributed by atoms with Crippen LogP contribution in [0.3, 0.4) is 0 Å². The number of anilines is 1. The highest BCUT2D eigenvalue weighted by molar-refractivity contribution is 5.92. The third kappa shape index (κ3) is 5.14. The Morgan fingerprint density at radius 3 is 2.61 bits per heavy atom. The number of rotatable bonds is 5. The van der Waals surface area contributed by atoms with Crippen LogP contribution >= 0.6 is 0 Å². The summed E-state index contributed by atoms with van der Waals surface area (Å²) in [7, 11) is 1.73. The molecule has 1 N–H and O–H groups in total. The minimum absolute atomic E-state index is 0.0377. The van der Waals surface area contributed by atoms with E-state index in [-0.39, 0.29) is 12.2 Å². The molecule has 0 aliphatic heterocycles. The smallest absolute Gasteiger partial charge is 0.416 e. The Bertz CT molecular complexity index is 680. The molecule has 0 saturated carbocycles. The minimum Gasteiger partial charge on any atom is -0.465 e. The molecule has 7 heteroatoms. The lowest BCUT2D eigenvalue weighted by Crippen LogP contribution is -2.29. The van der Waals surface area contributed by atoms with Gasteiger partial charge in [0.25, 0.3) is 0 Å². The molecule has 124 valence electrons. The number of aryl methyl sites for hydroxylation is 1. The van der Waals surface area contributed by atoms with E-state index in [1.165, 1.54) is 12.1 Å². The van der Waals surface area contributed by atoms with Crippen molar-refractivity contribution in [3.63, 3.8) is 0 Å². The van der Waals surface area contributed by atoms with Crippen molar-refractivity contribution in [2.24, 2.45) is 0 Å². The molecular formula is C16H17F3N2O2. The summed E-state index contributed by atoms with van der Waals surface area (Å²) in [4.78, 5) is 13.6. The SMILES string of the molecule is Cc1ccc(CN(C)CC(=O)Nc2cccc(C(F)(F)F)c2)o1. The summed E-state index contributed by atoms with van der Waals surface area (Å²) >= 11 is 0. The lowest BCUT2D eigenvalue weighted by atomic mass is 10.2. The summed E-state index contributed by atoms with van der Waals surface area (Å²) in [6.07, 6.45) is -4.44. The Balaban J connectivity index is 1.91. The molecule has 0 radical (unpaired) electrons. The first kappa shape index (κ1) is 17.1. The van der Waals surface area contributed by atoms with E-state index < -0.39 is 17.6 Å². The van der Waals surface area contributed by atoms with Crippen LogP contribution in [0.1, 0.15) is 17.1 Å². The molecule has 0 bridgehead atoms. The second kappa shape index (κ2) is 6.87. The molecule has 23 heavy (non-hydrogen) atoms. The number of hydrogen-bond acceptors (Lipinski definition) is 3. The van der Waals surface area contributed by atoms with Gasteiger partial charge in [-0.3, -0.25) is 9.69 Å². The first-order valence-corrected chi connectivity index (χ1v) is 6.95. The van der Waals surface area contributed by atoms with Crippen molar-refractivity contribution in [2.75, 3.05) is 18.9 Å². The molecule has 2 aromatic rings. The fourth-order valence-electron chi connectivity index (χ4n) is 2.11. The molecule has 1 aromatic carbocycles. The van der Waals surface area contributed by atoms with Crippen LogP contribution in [0.4, 0.5) is 18.9 Å². The van der Waals surface area contributed by atoms with Crippen LogP contribution < -0.4 is 5.32 Å². The van der Waals surface area contributed by atoms with Crippen molar-refractivity contribution in [2.45, 2.75) is 19.6 Å². The number of benzene rings is 1. The first-order chi connectivity index (χ1) is 10.7. The number of amides is 1. The standard InChI is InChI=1S/C16H17F3N2O2/c1-11-6-7-14(23-11)9-21(2)10-15(22)20-13-5-3-4-12(8-13)16(17,18)19/h3-8H,9-10H2,1-2H3,(H,20,22). The van der Waals surface area contributed by atoms with Crippen LogP contribution in [0.5, 0.6) is 0 Å². The van der Waals surface area contributed by atoms with Gasteiger partial charge in [0, 0.05) is 5.69 Å². The van der Waals surface area contributed by atoms with Gasteiger partial charge in [-0.05, 0) is 44.3 Å². The van der Waals surface area contributed by atoms with Gasteiger partial charge in [0.1, 0.15) is 11.5 Å². The molecular weight excluding hydrogens is 309 g/mol. The number of nitrogens with one attached hydrogen (secondary N) is 1. The van der Waals surface area contributed by atoms with E-state index in [1.54, 1.807) is 11.9 Å². The molecule has 1 aromatic heterocycles. The zero-order chi connectivity index (χ0) is 17.0. The van der Waals surface area contributed by atoms with Gasteiger partial charge in [-0.1, -0.05) is 6.07 Å². The molecule has 0 saturated heterocycles. The Labute approximate surface area is 131 Å². The van der Waals surface area contributed by atoms with Gasteiger partial charge in [-0.25, -0.2) is 0 Å². The minimum atomic E-state index is -4.44. The molecule has 2 rings (SSSR count). The lowest BCUT2D eigenvalue weighted by molar-refractivity contribution is -0.137. The number of furan rings is 1. The van der Waals surface area contributed by atoms with Crippen LogP contribution in [0.15, 0.2) is 40.8 Å². The van der Waals surface area contributed by atoms with E-state index in [0.717, 1.165) is 23.7 Å². The van der Waals surface area contributed by atoms with Gasteiger partial charge in [-0.2, -0.15) is 13.2 Å². The number of nitrogens with zero attached hydrogens (tertiary/aromatic N) is 1. The predicted octanol–water partition coefficient (Wildman–Crippen LogP) is 3.68. The highest BCUT2D eigenvalue weighted by atomic mass is 19.4. The summed E-state index contributed by atoms with van der Waals surface area (Å²) < 4.78 is 43.3. The third-order valence-electron chi connectivity index (χ3n) is 3.11. The molecule has 1 heterocycles. The Morgan fingerprint density at radius 1 is 1.26 bits per heavy atom. The molecule has 0 fully saturated rings. The van der Waals surface area contributed by atoms with E-state index in [1.807, 2.05) is 19.1 Å². The van der Waals surface area contributed by atoms with Gasteiger partial charge >= 0.3 is 6.18 Å². The number of hydrogen-bond donors (Lipinski definition) is 1. The maximum Gasteiger partial charge on any atom is 0.416 e. The summed E-state index contributed by atoms with van der Waals surface area (Å²) in [5.74, 6) is 1.11. The second-order valence-corrected chi connectivity index (χ2v) is 5.31. The molecule has 0 atom stereocenters. The Morgan fingerprint density at radius 2 is 2.00 bits per heavy atom. The number of halogens is 3. The summed E-state index contributed by atoms with van der Waals surface area (Å²) in [6, 6.07) is 8.19. The van der Waals surface area contributed by atoms with Gasteiger partial charge < -0.3 is 9.73 Å². The Kier molecular flexibility index (Phi) is 5.10. The number of alkyl halides is 3. The van der Waals surface area contributed by atoms with E-state index >= 15 is 0 Å². The number of likely N-dealkylation sites (N-methyl/N-ethyl adjacent to an activating group) is 1. The van der Waals surface area contributed by atoms with Crippen LogP contribution in [0.2, 0.25) is 0 Å². The van der Waals surface area contributed by atoms with Gasteiger partial charge in [0.2, 0.25) is 5.91 Å². The molecule has 0 aliphatic carbocycles. The van der Waals surface area contributed by atoms with Crippen molar-refractivity contribution in [1.29, 1.82) is 0 Å². The largest absolute Gasteiger partial charge is 0.465 e. The predicted molar refractivity (Wildman–Crippen MR) is 79.9 cm³/mol. The van der Waals surface area contributed by atoms with Gasteiger partial charge in [-0.15, -0.1) is 0 Å². The second-order valence-electron chi connectivity index (χ2n) is 5.31. The normalized spacial score (nSPS) is 11.7. The topological polar surface area (TPSA) is 45.5 Å². The highest BCUT2D eigenvalue weighted by Gasteiger charge is 2.30. The highest BCUT2D eigenvalue weighted by Crippen LogP contribution is 2.30. The monoisotopic (exact) mass is 326 g/mol. The third-order valence-corrected chi connectivity index (χ3v) is 3.11. The number of carbonyl (C=O) groups is 1. The quantitative estimate of drug-likeness (QED) is 0.912.